The predicted octanol–water partition coefficient (Wildman–Crippen LogP) is 5.11. The van der Waals surface area contributed by atoms with Gasteiger partial charge in [0.05, 0.1) is 37.7 Å². The summed E-state index contributed by atoms with van der Waals surface area (Å²) in [6.45, 7) is 8.83. The summed E-state index contributed by atoms with van der Waals surface area (Å²) in [5.74, 6) is 1.83. The number of ether oxygens (including phenoxy) is 3. The van der Waals surface area contributed by atoms with Gasteiger partial charge < -0.3 is 14.2 Å². The summed E-state index contributed by atoms with van der Waals surface area (Å²) in [5.41, 5.74) is 6.84. The van der Waals surface area contributed by atoms with Gasteiger partial charge in [0.25, 0.3) is 5.91 Å². The van der Waals surface area contributed by atoms with Crippen molar-refractivity contribution in [1.29, 1.82) is 0 Å². The summed E-state index contributed by atoms with van der Waals surface area (Å²) in [6, 6.07) is 13.6. The fourth-order valence-electron chi connectivity index (χ4n) is 5.55. The zero-order valence-corrected chi connectivity index (χ0v) is 25.7. The van der Waals surface area contributed by atoms with Gasteiger partial charge in [-0.3, -0.25) is 9.59 Å². The molecule has 2 aliphatic rings. The number of aryl methyl sites for hydroxylation is 1. The van der Waals surface area contributed by atoms with E-state index < -0.39 is 5.41 Å². The zero-order chi connectivity index (χ0) is 30.7. The van der Waals surface area contributed by atoms with Crippen molar-refractivity contribution in [3.05, 3.63) is 59.3 Å². The number of hydrogen-bond donors (Lipinski definition) is 1. The molecule has 1 atom stereocenters. The largest absolute Gasteiger partial charge is 0.494 e. The van der Waals surface area contributed by atoms with Crippen LogP contribution in [0.1, 0.15) is 63.8 Å². The second-order valence-electron chi connectivity index (χ2n) is 11.4. The first-order valence-electron chi connectivity index (χ1n) is 14.7. The smallest absolute Gasteiger partial charge is 0.254 e. The number of aromatic nitrogens is 1. The Kier molecular flexibility index (Phi) is 8.66. The van der Waals surface area contributed by atoms with Gasteiger partial charge in [-0.15, -0.1) is 0 Å². The van der Waals surface area contributed by atoms with E-state index in [0.717, 1.165) is 58.4 Å². The van der Waals surface area contributed by atoms with E-state index in [9.17, 15) is 9.59 Å². The number of hydrazone groups is 2. The molecule has 43 heavy (non-hydrogen) atoms. The number of rotatable bonds is 11. The first-order chi connectivity index (χ1) is 20.7. The zero-order valence-electron chi connectivity index (χ0n) is 25.7. The Balaban J connectivity index is 1.24. The lowest BCUT2D eigenvalue weighted by Crippen LogP contribution is -2.35. The number of carbonyl (C=O) groups is 2. The van der Waals surface area contributed by atoms with Crippen molar-refractivity contribution in [2.45, 2.75) is 53.4 Å². The Hall–Kier alpha value is -4.47. The molecule has 3 aromatic rings. The maximum Gasteiger partial charge on any atom is 0.254 e. The SMILES string of the molecule is CCc1ccc2c(C3=NN(CCCCOc4ccc(C5=NNC(=O)CC5C)cc4OC)C(=O)C3(C)C)ccc(OC)c2n1. The standard InChI is InChI=1S/C33H39N5O5/c1-7-22-11-12-23-24(13-15-26(41-5)30(23)34-22)31-33(3,4)32(40)38(37-31)16-8-9-17-43-25-14-10-21(19-27(25)42-6)29-20(2)18-28(39)35-36-29/h10-15,19-20H,7-9,16-18H2,1-6H3,(H,35,39). The van der Waals surface area contributed by atoms with Crippen LogP contribution in [-0.4, -0.2) is 60.6 Å². The summed E-state index contributed by atoms with van der Waals surface area (Å²) in [4.78, 5) is 29.8. The monoisotopic (exact) mass is 585 g/mol. The van der Waals surface area contributed by atoms with Gasteiger partial charge in [0, 0.05) is 41.1 Å². The highest BCUT2D eigenvalue weighted by Crippen LogP contribution is 2.37. The number of carbonyl (C=O) groups excluding carboxylic acids is 2. The van der Waals surface area contributed by atoms with Crippen LogP contribution in [0, 0.1) is 11.3 Å². The molecule has 226 valence electrons. The van der Waals surface area contributed by atoms with Gasteiger partial charge in [-0.05, 0) is 69.5 Å². The molecule has 0 fully saturated rings. The number of hydrogen-bond acceptors (Lipinski definition) is 8. The van der Waals surface area contributed by atoms with Crippen LogP contribution in [0.25, 0.3) is 10.9 Å². The normalized spacial score (nSPS) is 17.9. The van der Waals surface area contributed by atoms with Crippen LogP contribution < -0.4 is 19.6 Å². The van der Waals surface area contributed by atoms with Gasteiger partial charge in [0.1, 0.15) is 11.3 Å². The molecule has 2 aliphatic heterocycles. The third-order valence-corrected chi connectivity index (χ3v) is 8.04. The van der Waals surface area contributed by atoms with E-state index in [-0.39, 0.29) is 17.7 Å². The van der Waals surface area contributed by atoms with E-state index in [1.54, 1.807) is 19.2 Å². The van der Waals surface area contributed by atoms with Crippen molar-refractivity contribution in [3.8, 4) is 17.2 Å². The van der Waals surface area contributed by atoms with E-state index in [1.807, 2.05) is 63.2 Å². The first kappa shape index (κ1) is 30.0. The Bertz CT molecular complexity index is 1610. The van der Waals surface area contributed by atoms with E-state index in [0.29, 0.717) is 36.8 Å². The molecule has 0 aliphatic carbocycles. The van der Waals surface area contributed by atoms with Crippen LogP contribution in [0.3, 0.4) is 0 Å². The highest BCUT2D eigenvalue weighted by Gasteiger charge is 2.44. The Morgan fingerprint density at radius 2 is 1.77 bits per heavy atom. The van der Waals surface area contributed by atoms with Crippen molar-refractivity contribution in [2.24, 2.45) is 21.5 Å². The number of methoxy groups -OCH3 is 2. The van der Waals surface area contributed by atoms with E-state index in [1.165, 1.54) is 0 Å². The Morgan fingerprint density at radius 3 is 2.49 bits per heavy atom. The number of fused-ring (bicyclic) bond motifs is 1. The molecule has 10 nitrogen and oxygen atoms in total. The van der Waals surface area contributed by atoms with Gasteiger partial charge in [0.2, 0.25) is 5.91 Å². The fourth-order valence-corrected chi connectivity index (χ4v) is 5.55. The third-order valence-electron chi connectivity index (χ3n) is 8.04. The molecule has 1 aromatic heterocycles. The highest BCUT2D eigenvalue weighted by molar-refractivity contribution is 6.23. The fraction of sp³-hybridized carbons (Fsp3) is 0.424. The minimum absolute atomic E-state index is 0.0145. The third kappa shape index (κ3) is 5.91. The molecule has 0 saturated carbocycles. The molecular formula is C33H39N5O5. The van der Waals surface area contributed by atoms with Crippen molar-refractivity contribution in [2.75, 3.05) is 27.4 Å². The summed E-state index contributed by atoms with van der Waals surface area (Å²) >= 11 is 0. The van der Waals surface area contributed by atoms with Crippen LogP contribution >= 0.6 is 0 Å². The quantitative estimate of drug-likeness (QED) is 0.313. The van der Waals surface area contributed by atoms with Gasteiger partial charge in [-0.1, -0.05) is 19.9 Å². The minimum Gasteiger partial charge on any atom is -0.494 e. The van der Waals surface area contributed by atoms with E-state index in [2.05, 4.69) is 17.5 Å². The number of benzene rings is 2. The molecule has 2 amide bonds. The lowest BCUT2D eigenvalue weighted by molar-refractivity contribution is -0.135. The van der Waals surface area contributed by atoms with Gasteiger partial charge >= 0.3 is 0 Å². The van der Waals surface area contributed by atoms with Gasteiger partial charge in [-0.25, -0.2) is 15.4 Å². The topological polar surface area (TPSA) is 115 Å². The van der Waals surface area contributed by atoms with Crippen molar-refractivity contribution >= 4 is 34.1 Å². The number of amides is 2. The average molecular weight is 586 g/mol. The van der Waals surface area contributed by atoms with Crippen LogP contribution in [0.5, 0.6) is 17.2 Å². The molecule has 10 heteroatoms. The molecule has 3 heterocycles. The van der Waals surface area contributed by atoms with E-state index in [4.69, 9.17) is 24.3 Å². The second kappa shape index (κ2) is 12.4. The van der Waals surface area contributed by atoms with Crippen LogP contribution in [0.15, 0.2) is 52.7 Å². The van der Waals surface area contributed by atoms with Crippen molar-refractivity contribution < 1.29 is 23.8 Å². The van der Waals surface area contributed by atoms with Crippen LogP contribution in [0.4, 0.5) is 0 Å². The number of nitrogens with one attached hydrogen (secondary N) is 1. The molecule has 1 N–H and O–H groups in total. The summed E-state index contributed by atoms with van der Waals surface area (Å²) in [7, 11) is 3.24. The van der Waals surface area contributed by atoms with Crippen molar-refractivity contribution in [3.63, 3.8) is 0 Å². The summed E-state index contributed by atoms with van der Waals surface area (Å²) in [5, 5.41) is 11.6. The molecule has 0 spiro atoms. The number of nitrogens with zero attached hydrogens (tertiary/aromatic N) is 4. The number of pyridine rings is 1. The van der Waals surface area contributed by atoms with Crippen LogP contribution in [-0.2, 0) is 16.0 Å². The first-order valence-corrected chi connectivity index (χ1v) is 14.7. The highest BCUT2D eigenvalue weighted by atomic mass is 16.5. The predicted molar refractivity (Wildman–Crippen MR) is 166 cm³/mol. The van der Waals surface area contributed by atoms with E-state index >= 15 is 0 Å². The summed E-state index contributed by atoms with van der Waals surface area (Å²) in [6.07, 6.45) is 2.66. The second-order valence-corrected chi connectivity index (χ2v) is 11.4. The molecule has 2 aromatic carbocycles. The molecule has 0 bridgehead atoms. The average Bonchev–Trinajstić information content (AvgIpc) is 3.23. The van der Waals surface area contributed by atoms with Gasteiger partial charge in [-0.2, -0.15) is 10.2 Å². The minimum atomic E-state index is -0.778. The lowest BCUT2D eigenvalue weighted by atomic mass is 9.82. The molecule has 5 rings (SSSR count). The summed E-state index contributed by atoms with van der Waals surface area (Å²) < 4.78 is 17.2. The van der Waals surface area contributed by atoms with Crippen molar-refractivity contribution in [1.82, 2.24) is 15.4 Å². The number of unbranched alkanes of at least 4 members (excludes halogenated alkanes) is 1. The molecule has 1 unspecified atom stereocenters. The Labute approximate surface area is 252 Å². The lowest BCUT2D eigenvalue weighted by Gasteiger charge is -2.21. The maximum absolute atomic E-state index is 13.4. The molecule has 0 radical (unpaired) electrons. The Morgan fingerprint density at radius 1 is 1.00 bits per heavy atom. The molecular weight excluding hydrogens is 546 g/mol. The van der Waals surface area contributed by atoms with Crippen LogP contribution in [0.2, 0.25) is 0 Å². The van der Waals surface area contributed by atoms with Gasteiger partial charge in [0.15, 0.2) is 11.5 Å². The molecule has 0 saturated heterocycles. The maximum atomic E-state index is 13.4.